The van der Waals surface area contributed by atoms with Gasteiger partial charge in [-0.1, -0.05) is 184 Å². The molecule has 53 heavy (non-hydrogen) atoms. The predicted molar refractivity (Wildman–Crippen MR) is 226 cm³/mol. The number of allylic oxidation sites excluding steroid dienone is 8. The highest BCUT2D eigenvalue weighted by Crippen LogP contribution is 2.43. The number of aliphatic hydroxyl groups excluding tert-OH is 1. The number of nitrogens with two attached hydrogens (primary N) is 1. The summed E-state index contributed by atoms with van der Waals surface area (Å²) < 4.78 is 22.2. The third kappa shape index (κ3) is 38.5. The molecule has 0 aromatic heterocycles. The molecule has 0 aromatic carbocycles. The first kappa shape index (κ1) is 51.5. The average Bonchev–Trinajstić information content (AvgIpc) is 3.14. The Morgan fingerprint density at radius 2 is 1.09 bits per heavy atom. The lowest BCUT2D eigenvalue weighted by Gasteiger charge is -2.25. The lowest BCUT2D eigenvalue weighted by atomic mass is 10.0. The Morgan fingerprint density at radius 3 is 1.60 bits per heavy atom. The molecule has 0 bridgehead atoms. The number of amides is 1. The van der Waals surface area contributed by atoms with Crippen LogP contribution in [0.3, 0.4) is 0 Å². The van der Waals surface area contributed by atoms with Gasteiger partial charge in [-0.2, -0.15) is 0 Å². The molecule has 0 heterocycles. The molecule has 0 aliphatic heterocycles. The highest BCUT2D eigenvalue weighted by atomic mass is 31.2. The molecule has 0 saturated heterocycles. The number of carbonyl (C=O) groups is 1. The molecule has 8 nitrogen and oxygen atoms in total. The summed E-state index contributed by atoms with van der Waals surface area (Å²) in [5.74, 6) is -0.177. The second kappa shape index (κ2) is 40.1. The summed E-state index contributed by atoms with van der Waals surface area (Å²) in [6.07, 6.45) is 48.3. The van der Waals surface area contributed by atoms with Crippen molar-refractivity contribution in [3.8, 4) is 0 Å². The minimum absolute atomic E-state index is 0.0845. The third-order valence-electron chi connectivity index (χ3n) is 9.45. The Labute approximate surface area is 326 Å². The van der Waals surface area contributed by atoms with Crippen molar-refractivity contribution >= 4 is 13.7 Å². The van der Waals surface area contributed by atoms with Crippen LogP contribution in [0.2, 0.25) is 0 Å². The molecule has 310 valence electrons. The topological polar surface area (TPSA) is 131 Å². The average molecular weight is 767 g/mol. The van der Waals surface area contributed by atoms with Gasteiger partial charge in [0.2, 0.25) is 5.91 Å². The minimum Gasteiger partial charge on any atom is -0.391 e. The molecule has 0 saturated carbocycles. The van der Waals surface area contributed by atoms with Crippen LogP contribution < -0.4 is 11.1 Å². The van der Waals surface area contributed by atoms with Crippen LogP contribution in [0.25, 0.3) is 0 Å². The van der Waals surface area contributed by atoms with Crippen LogP contribution in [0.1, 0.15) is 194 Å². The predicted octanol–water partition coefficient (Wildman–Crippen LogP) is 12.1. The van der Waals surface area contributed by atoms with Crippen LogP contribution >= 0.6 is 7.82 Å². The van der Waals surface area contributed by atoms with E-state index in [2.05, 4.69) is 67.8 Å². The fourth-order valence-electron chi connectivity index (χ4n) is 6.19. The van der Waals surface area contributed by atoms with E-state index in [9.17, 15) is 19.4 Å². The maximum absolute atomic E-state index is 12.8. The maximum Gasteiger partial charge on any atom is 0.472 e. The summed E-state index contributed by atoms with van der Waals surface area (Å²) in [4.78, 5) is 22.7. The lowest BCUT2D eigenvalue weighted by Crippen LogP contribution is -2.46. The highest BCUT2D eigenvalue weighted by molar-refractivity contribution is 7.47. The first-order chi connectivity index (χ1) is 25.9. The van der Waals surface area contributed by atoms with E-state index < -0.39 is 20.0 Å². The van der Waals surface area contributed by atoms with E-state index in [4.69, 9.17) is 14.8 Å². The van der Waals surface area contributed by atoms with E-state index in [1.165, 1.54) is 89.9 Å². The van der Waals surface area contributed by atoms with Gasteiger partial charge < -0.3 is 21.1 Å². The summed E-state index contributed by atoms with van der Waals surface area (Å²) in [5.41, 5.74) is 5.38. The summed E-state index contributed by atoms with van der Waals surface area (Å²) in [7, 11) is -4.32. The summed E-state index contributed by atoms with van der Waals surface area (Å²) in [6.45, 7) is 4.08. The Bertz CT molecular complexity index is 970. The van der Waals surface area contributed by atoms with Gasteiger partial charge in [0, 0.05) is 13.0 Å². The molecule has 0 fully saturated rings. The van der Waals surface area contributed by atoms with Gasteiger partial charge in [0.05, 0.1) is 25.4 Å². The second-order valence-corrected chi connectivity index (χ2v) is 16.0. The van der Waals surface area contributed by atoms with Gasteiger partial charge >= 0.3 is 7.82 Å². The molecular formula is C44H83N2O6P. The quantitative estimate of drug-likeness (QED) is 0.0277. The molecular weight excluding hydrogens is 683 g/mol. The van der Waals surface area contributed by atoms with Gasteiger partial charge in [0.1, 0.15) is 0 Å². The van der Waals surface area contributed by atoms with Crippen molar-refractivity contribution in [3.63, 3.8) is 0 Å². The van der Waals surface area contributed by atoms with E-state index >= 15 is 0 Å². The van der Waals surface area contributed by atoms with Crippen molar-refractivity contribution in [1.29, 1.82) is 0 Å². The van der Waals surface area contributed by atoms with Crippen LogP contribution in [-0.4, -0.2) is 47.8 Å². The maximum atomic E-state index is 12.8. The first-order valence-corrected chi connectivity index (χ1v) is 23.2. The summed E-state index contributed by atoms with van der Waals surface area (Å²) in [5, 5.41) is 13.8. The van der Waals surface area contributed by atoms with Crippen molar-refractivity contribution in [3.05, 3.63) is 48.6 Å². The van der Waals surface area contributed by atoms with Crippen LogP contribution in [0.5, 0.6) is 0 Å². The number of hydrogen-bond donors (Lipinski definition) is 4. The molecule has 3 unspecified atom stereocenters. The monoisotopic (exact) mass is 767 g/mol. The van der Waals surface area contributed by atoms with E-state index in [0.29, 0.717) is 12.8 Å². The van der Waals surface area contributed by atoms with Crippen LogP contribution in [-0.2, 0) is 18.4 Å². The van der Waals surface area contributed by atoms with Gasteiger partial charge in [-0.15, -0.1) is 0 Å². The zero-order valence-electron chi connectivity index (χ0n) is 34.2. The largest absolute Gasteiger partial charge is 0.472 e. The molecule has 1 amide bonds. The van der Waals surface area contributed by atoms with E-state index in [-0.39, 0.29) is 25.7 Å². The molecule has 0 aliphatic carbocycles. The Kier molecular flexibility index (Phi) is 39.0. The number of rotatable bonds is 40. The molecule has 0 rings (SSSR count). The Balaban J connectivity index is 4.19. The fraction of sp³-hybridized carbons (Fsp3) is 0.795. The van der Waals surface area contributed by atoms with Gasteiger partial charge in [-0.3, -0.25) is 13.8 Å². The summed E-state index contributed by atoms with van der Waals surface area (Å²) in [6, 6.07) is -0.783. The Hall–Kier alpha value is -1.54. The number of nitrogens with one attached hydrogen (secondary N) is 1. The van der Waals surface area contributed by atoms with Gasteiger partial charge in [-0.05, 0) is 51.4 Å². The van der Waals surface area contributed by atoms with Crippen molar-refractivity contribution < 1.29 is 28.4 Å². The molecule has 0 radical (unpaired) electrons. The number of aliphatic hydroxyl groups is 1. The SMILES string of the molecule is CC/C=C\C/C=C\C/C=C\C/C=C\CCCCCCCCC(=O)NC(COP(=O)(O)OCCN)C(O)CCCCCCCCCCCCCCCCC. The van der Waals surface area contributed by atoms with Crippen LogP contribution in [0, 0.1) is 0 Å². The number of phosphoric acid groups is 1. The van der Waals surface area contributed by atoms with Gasteiger partial charge in [0.15, 0.2) is 0 Å². The molecule has 9 heteroatoms. The molecule has 3 atom stereocenters. The standard InChI is InChI=1S/C44H83N2O6P/c1-3-5-7-9-11-13-15-17-19-20-21-22-24-26-28-30-32-34-36-38-44(48)46-42(41-52-53(49,50)51-40-39-45)43(47)37-35-33-31-29-27-25-23-18-16-14-12-10-8-6-4-2/h5,7,11,13,17,19,21-22,42-43,47H,3-4,6,8-10,12,14-16,18,20,23-41,45H2,1-2H3,(H,46,48)(H,49,50)/b7-5-,13-11-,19-17-,22-21-. The Morgan fingerprint density at radius 1 is 0.642 bits per heavy atom. The third-order valence-corrected chi connectivity index (χ3v) is 10.4. The van der Waals surface area contributed by atoms with E-state index in [0.717, 1.165) is 77.0 Å². The first-order valence-electron chi connectivity index (χ1n) is 21.8. The second-order valence-electron chi connectivity index (χ2n) is 14.5. The van der Waals surface area contributed by atoms with Gasteiger partial charge in [-0.25, -0.2) is 4.57 Å². The molecule has 5 N–H and O–H groups in total. The number of carbonyl (C=O) groups excluding carboxylic acids is 1. The lowest BCUT2D eigenvalue weighted by molar-refractivity contribution is -0.123. The fourth-order valence-corrected chi connectivity index (χ4v) is 6.95. The molecule has 0 aromatic rings. The summed E-state index contributed by atoms with van der Waals surface area (Å²) >= 11 is 0. The van der Waals surface area contributed by atoms with E-state index in [1.54, 1.807) is 0 Å². The smallest absolute Gasteiger partial charge is 0.391 e. The van der Waals surface area contributed by atoms with Crippen molar-refractivity contribution in [1.82, 2.24) is 5.32 Å². The minimum atomic E-state index is -4.32. The van der Waals surface area contributed by atoms with E-state index in [1.807, 2.05) is 0 Å². The van der Waals surface area contributed by atoms with Crippen molar-refractivity contribution in [2.45, 2.75) is 206 Å². The number of phosphoric ester groups is 1. The van der Waals surface area contributed by atoms with Crippen molar-refractivity contribution in [2.24, 2.45) is 5.73 Å². The molecule has 0 aliphatic rings. The van der Waals surface area contributed by atoms with Crippen LogP contribution in [0.15, 0.2) is 48.6 Å². The normalized spacial score (nSPS) is 14.6. The molecule has 0 spiro atoms. The zero-order chi connectivity index (χ0) is 38.9. The van der Waals surface area contributed by atoms with Crippen molar-refractivity contribution in [2.75, 3.05) is 19.8 Å². The zero-order valence-corrected chi connectivity index (χ0v) is 35.1. The highest BCUT2D eigenvalue weighted by Gasteiger charge is 2.27. The van der Waals surface area contributed by atoms with Gasteiger partial charge in [0.25, 0.3) is 0 Å². The van der Waals surface area contributed by atoms with Crippen LogP contribution in [0.4, 0.5) is 0 Å². The number of unbranched alkanes of at least 4 members (excludes halogenated alkanes) is 20. The number of hydrogen-bond acceptors (Lipinski definition) is 6.